The highest BCUT2D eigenvalue weighted by Gasteiger charge is 2.31. The second-order valence-electron chi connectivity index (χ2n) is 7.89. The number of likely N-dealkylation sites (tertiary alicyclic amines) is 1. The summed E-state index contributed by atoms with van der Waals surface area (Å²) >= 11 is 0. The van der Waals surface area contributed by atoms with E-state index in [0.717, 1.165) is 63.5 Å². The zero-order valence-corrected chi connectivity index (χ0v) is 16.1. The van der Waals surface area contributed by atoms with Crippen LogP contribution in [-0.2, 0) is 17.9 Å². The molecule has 0 spiro atoms. The van der Waals surface area contributed by atoms with Crippen LogP contribution in [0.3, 0.4) is 0 Å². The van der Waals surface area contributed by atoms with Gasteiger partial charge >= 0.3 is 0 Å². The smallest absolute Gasteiger partial charge is 0.225 e. The molecule has 1 aliphatic heterocycles. The monoisotopic (exact) mass is 347 g/mol. The fraction of sp³-hybridized carbons (Fsp3) is 0.842. The number of carbonyl (C=O) groups is 1. The molecule has 1 saturated carbocycles. The average molecular weight is 348 g/mol. The van der Waals surface area contributed by atoms with Gasteiger partial charge in [0.1, 0.15) is 11.6 Å². The molecule has 1 saturated heterocycles. The molecule has 0 N–H and O–H groups in total. The van der Waals surface area contributed by atoms with Crippen molar-refractivity contribution in [3.8, 4) is 0 Å². The standard InChI is InChI=1S/C19H33N5O/c1-4-24-17(14-22(2)3)20-21-18(24)15-10-12-23(13-11-15)19(25)16-8-6-5-7-9-16/h15-16H,4-14H2,1-3H3. The molecule has 1 amide bonds. The maximum atomic E-state index is 12.7. The summed E-state index contributed by atoms with van der Waals surface area (Å²) in [6.07, 6.45) is 7.96. The number of hydrogen-bond donors (Lipinski definition) is 0. The minimum absolute atomic E-state index is 0.288. The third kappa shape index (κ3) is 4.22. The van der Waals surface area contributed by atoms with Gasteiger partial charge in [-0.1, -0.05) is 19.3 Å². The highest BCUT2D eigenvalue weighted by molar-refractivity contribution is 5.79. The molecule has 0 bridgehead atoms. The van der Waals surface area contributed by atoms with Crippen molar-refractivity contribution in [3.63, 3.8) is 0 Å². The van der Waals surface area contributed by atoms with E-state index in [1.165, 1.54) is 19.3 Å². The third-order valence-corrected chi connectivity index (χ3v) is 5.76. The number of carbonyl (C=O) groups excluding carboxylic acids is 1. The molecular formula is C19H33N5O. The summed E-state index contributed by atoms with van der Waals surface area (Å²) in [6.45, 7) is 5.64. The van der Waals surface area contributed by atoms with Gasteiger partial charge < -0.3 is 14.4 Å². The first-order valence-electron chi connectivity index (χ1n) is 9.95. The Morgan fingerprint density at radius 1 is 1.08 bits per heavy atom. The number of amides is 1. The lowest BCUT2D eigenvalue weighted by molar-refractivity contribution is -0.137. The van der Waals surface area contributed by atoms with Crippen molar-refractivity contribution in [2.24, 2.45) is 5.92 Å². The summed E-state index contributed by atoms with van der Waals surface area (Å²) in [4.78, 5) is 17.0. The van der Waals surface area contributed by atoms with Crippen molar-refractivity contribution in [3.05, 3.63) is 11.6 Å². The van der Waals surface area contributed by atoms with Crippen LogP contribution in [0.4, 0.5) is 0 Å². The van der Waals surface area contributed by atoms with Crippen molar-refractivity contribution < 1.29 is 4.79 Å². The van der Waals surface area contributed by atoms with Crippen LogP contribution in [0.15, 0.2) is 0 Å². The van der Waals surface area contributed by atoms with Gasteiger partial charge in [-0.3, -0.25) is 4.79 Å². The van der Waals surface area contributed by atoms with Crippen LogP contribution in [-0.4, -0.2) is 57.7 Å². The molecule has 0 atom stereocenters. The molecule has 2 aliphatic rings. The quantitative estimate of drug-likeness (QED) is 0.822. The second kappa shape index (κ2) is 8.30. The minimum Gasteiger partial charge on any atom is -0.342 e. The fourth-order valence-electron chi connectivity index (χ4n) is 4.36. The maximum Gasteiger partial charge on any atom is 0.225 e. The van der Waals surface area contributed by atoms with Crippen LogP contribution < -0.4 is 0 Å². The Hall–Kier alpha value is -1.43. The van der Waals surface area contributed by atoms with Gasteiger partial charge in [0.25, 0.3) is 0 Å². The maximum absolute atomic E-state index is 12.7. The summed E-state index contributed by atoms with van der Waals surface area (Å²) in [7, 11) is 4.12. The average Bonchev–Trinajstić information content (AvgIpc) is 3.03. The van der Waals surface area contributed by atoms with E-state index in [1.54, 1.807) is 0 Å². The molecule has 140 valence electrons. The van der Waals surface area contributed by atoms with Gasteiger partial charge in [-0.15, -0.1) is 10.2 Å². The topological polar surface area (TPSA) is 54.3 Å². The number of aromatic nitrogens is 3. The summed E-state index contributed by atoms with van der Waals surface area (Å²) < 4.78 is 2.27. The van der Waals surface area contributed by atoms with Crippen molar-refractivity contribution in [2.45, 2.75) is 70.9 Å². The molecule has 25 heavy (non-hydrogen) atoms. The molecule has 6 heteroatoms. The van der Waals surface area contributed by atoms with Crippen LogP contribution in [0, 0.1) is 5.92 Å². The number of rotatable bonds is 5. The van der Waals surface area contributed by atoms with Crippen molar-refractivity contribution in [1.82, 2.24) is 24.6 Å². The largest absolute Gasteiger partial charge is 0.342 e. The summed E-state index contributed by atoms with van der Waals surface area (Å²) in [5.74, 6) is 3.28. The van der Waals surface area contributed by atoms with Gasteiger partial charge in [-0.2, -0.15) is 0 Å². The molecule has 0 aromatic carbocycles. The lowest BCUT2D eigenvalue weighted by Crippen LogP contribution is -2.42. The van der Waals surface area contributed by atoms with E-state index in [0.29, 0.717) is 11.8 Å². The van der Waals surface area contributed by atoms with Gasteiger partial charge in [-0.05, 0) is 46.7 Å². The Morgan fingerprint density at radius 3 is 2.36 bits per heavy atom. The summed E-state index contributed by atoms with van der Waals surface area (Å²) in [5.41, 5.74) is 0. The minimum atomic E-state index is 0.288. The molecule has 3 rings (SSSR count). The number of nitrogens with zero attached hydrogens (tertiary/aromatic N) is 5. The van der Waals surface area contributed by atoms with Crippen molar-refractivity contribution in [1.29, 1.82) is 0 Å². The van der Waals surface area contributed by atoms with E-state index in [9.17, 15) is 4.79 Å². The molecule has 6 nitrogen and oxygen atoms in total. The molecule has 2 heterocycles. The van der Waals surface area contributed by atoms with Crippen LogP contribution in [0.2, 0.25) is 0 Å². The molecule has 1 aliphatic carbocycles. The zero-order chi connectivity index (χ0) is 17.8. The highest BCUT2D eigenvalue weighted by Crippen LogP contribution is 2.31. The Morgan fingerprint density at radius 2 is 1.76 bits per heavy atom. The Kier molecular flexibility index (Phi) is 6.10. The van der Waals surface area contributed by atoms with E-state index < -0.39 is 0 Å². The predicted molar refractivity (Wildman–Crippen MR) is 98.2 cm³/mol. The summed E-state index contributed by atoms with van der Waals surface area (Å²) in [5, 5.41) is 8.93. The van der Waals surface area contributed by atoms with Gasteiger partial charge in [-0.25, -0.2) is 0 Å². The van der Waals surface area contributed by atoms with Crippen molar-refractivity contribution in [2.75, 3.05) is 27.2 Å². The molecule has 1 aromatic rings. The van der Waals surface area contributed by atoms with Crippen LogP contribution in [0.5, 0.6) is 0 Å². The molecular weight excluding hydrogens is 314 g/mol. The van der Waals surface area contributed by atoms with Crippen LogP contribution >= 0.6 is 0 Å². The fourth-order valence-corrected chi connectivity index (χ4v) is 4.36. The van der Waals surface area contributed by atoms with E-state index in [2.05, 4.69) is 45.6 Å². The number of hydrogen-bond acceptors (Lipinski definition) is 4. The first-order valence-corrected chi connectivity index (χ1v) is 9.95. The highest BCUT2D eigenvalue weighted by atomic mass is 16.2. The zero-order valence-electron chi connectivity index (χ0n) is 16.1. The SMILES string of the molecule is CCn1c(CN(C)C)nnc1C1CCN(C(=O)C2CCCCC2)CC1. The first kappa shape index (κ1) is 18.4. The molecule has 0 radical (unpaired) electrons. The normalized spacial score (nSPS) is 20.4. The van der Waals surface area contributed by atoms with E-state index in [1.807, 2.05) is 0 Å². The van der Waals surface area contributed by atoms with Gasteiger partial charge in [0, 0.05) is 31.5 Å². The Labute approximate surface area is 151 Å². The van der Waals surface area contributed by atoms with E-state index in [4.69, 9.17) is 0 Å². The van der Waals surface area contributed by atoms with Crippen LogP contribution in [0.25, 0.3) is 0 Å². The molecule has 1 aromatic heterocycles. The van der Waals surface area contributed by atoms with E-state index >= 15 is 0 Å². The Balaban J connectivity index is 1.60. The van der Waals surface area contributed by atoms with E-state index in [-0.39, 0.29) is 5.92 Å². The van der Waals surface area contributed by atoms with Crippen LogP contribution in [0.1, 0.15) is 69.4 Å². The predicted octanol–water partition coefficient (Wildman–Crippen LogP) is 2.65. The van der Waals surface area contributed by atoms with Crippen molar-refractivity contribution >= 4 is 5.91 Å². The molecule has 2 fully saturated rings. The second-order valence-corrected chi connectivity index (χ2v) is 7.89. The van der Waals surface area contributed by atoms with Gasteiger partial charge in [0.15, 0.2) is 0 Å². The van der Waals surface area contributed by atoms with Gasteiger partial charge in [0.2, 0.25) is 5.91 Å². The molecule has 0 unspecified atom stereocenters. The number of piperidine rings is 1. The Bertz CT molecular complexity index is 568. The summed E-state index contributed by atoms with van der Waals surface area (Å²) in [6, 6.07) is 0. The lowest BCUT2D eigenvalue weighted by Gasteiger charge is -2.35. The first-order chi connectivity index (χ1) is 12.1. The third-order valence-electron chi connectivity index (χ3n) is 5.76. The lowest BCUT2D eigenvalue weighted by atomic mass is 9.87. The van der Waals surface area contributed by atoms with Gasteiger partial charge in [0.05, 0.1) is 6.54 Å².